The molecule has 0 aromatic carbocycles. The molecule has 0 radical (unpaired) electrons. The number of anilines is 2. The molecule has 3 atom stereocenters. The molecular formula is C21H21F2N7O2S. The Labute approximate surface area is 190 Å². The van der Waals surface area contributed by atoms with Crippen LogP contribution in [0.5, 0.6) is 0 Å². The minimum atomic E-state index is -2.66. The number of hydrogen-bond acceptors (Lipinski definition) is 8. The second-order valence-electron chi connectivity index (χ2n) is 8.81. The number of thiophene rings is 1. The largest absolute Gasteiger partial charge is 0.407 e. The number of aryl methyl sites for hydroxylation is 2. The molecular weight excluding hydrogens is 452 g/mol. The Kier molecular flexibility index (Phi) is 4.61. The average molecular weight is 474 g/mol. The Bertz CT molecular complexity index is 1420. The van der Waals surface area contributed by atoms with E-state index in [0.29, 0.717) is 35.4 Å². The van der Waals surface area contributed by atoms with Gasteiger partial charge in [-0.25, -0.2) is 18.6 Å². The Balaban J connectivity index is 1.30. The Hall–Kier alpha value is -3.15. The molecule has 172 valence electrons. The van der Waals surface area contributed by atoms with E-state index in [-0.39, 0.29) is 23.3 Å². The SMILES string of the molecule is C[C@H]1C[C@@H]1c1nc2sc3c(c2c(=O)o1)C[C@@H](n1cnnc1Nc1cc(C(F)F)nn1C)CC3. The zero-order valence-electron chi connectivity index (χ0n) is 18.0. The number of alkyl halides is 2. The van der Waals surface area contributed by atoms with E-state index in [2.05, 4.69) is 32.5 Å². The molecule has 1 saturated carbocycles. The van der Waals surface area contributed by atoms with Gasteiger partial charge in [-0.15, -0.1) is 21.5 Å². The van der Waals surface area contributed by atoms with Crippen LogP contribution in [0.4, 0.5) is 20.5 Å². The van der Waals surface area contributed by atoms with E-state index in [1.807, 2.05) is 4.57 Å². The molecule has 0 unspecified atom stereocenters. The number of nitrogens with one attached hydrogen (secondary N) is 1. The number of rotatable bonds is 5. The van der Waals surface area contributed by atoms with Crippen molar-refractivity contribution in [3.63, 3.8) is 0 Å². The van der Waals surface area contributed by atoms with Crippen LogP contribution >= 0.6 is 11.3 Å². The maximum Gasteiger partial charge on any atom is 0.348 e. The Morgan fingerprint density at radius 2 is 2.18 bits per heavy atom. The first-order chi connectivity index (χ1) is 15.9. The molecule has 0 aliphatic heterocycles. The fourth-order valence-electron chi connectivity index (χ4n) is 4.60. The first-order valence-electron chi connectivity index (χ1n) is 10.8. The lowest BCUT2D eigenvalue weighted by molar-refractivity contribution is 0.145. The molecule has 9 nitrogen and oxygen atoms in total. The summed E-state index contributed by atoms with van der Waals surface area (Å²) >= 11 is 1.58. The summed E-state index contributed by atoms with van der Waals surface area (Å²) in [6, 6.07) is 1.29. The Morgan fingerprint density at radius 3 is 2.91 bits per heavy atom. The summed E-state index contributed by atoms with van der Waals surface area (Å²) in [7, 11) is 1.59. The highest BCUT2D eigenvalue weighted by atomic mass is 32.1. The monoisotopic (exact) mass is 473 g/mol. The summed E-state index contributed by atoms with van der Waals surface area (Å²) in [6.45, 7) is 2.13. The fourth-order valence-corrected chi connectivity index (χ4v) is 5.80. The third-order valence-corrected chi connectivity index (χ3v) is 7.77. The summed E-state index contributed by atoms with van der Waals surface area (Å²) in [5, 5.41) is 15.6. The van der Waals surface area contributed by atoms with E-state index in [9.17, 15) is 13.6 Å². The van der Waals surface area contributed by atoms with Gasteiger partial charge >= 0.3 is 5.63 Å². The zero-order valence-corrected chi connectivity index (χ0v) is 18.8. The van der Waals surface area contributed by atoms with Crippen LogP contribution in [-0.2, 0) is 19.9 Å². The number of hydrogen-bond donors (Lipinski definition) is 1. The molecule has 0 spiro atoms. The minimum Gasteiger partial charge on any atom is -0.407 e. The number of fused-ring (bicyclic) bond motifs is 3. The van der Waals surface area contributed by atoms with Crippen molar-refractivity contribution in [1.29, 1.82) is 0 Å². The van der Waals surface area contributed by atoms with Crippen LogP contribution < -0.4 is 10.9 Å². The van der Waals surface area contributed by atoms with E-state index >= 15 is 0 Å². The average Bonchev–Trinajstić information content (AvgIpc) is 3.10. The van der Waals surface area contributed by atoms with Crippen LogP contribution in [-0.4, -0.2) is 29.5 Å². The molecule has 1 N–H and O–H groups in total. The summed E-state index contributed by atoms with van der Waals surface area (Å²) < 4.78 is 34.8. The topological polar surface area (TPSA) is 104 Å². The Morgan fingerprint density at radius 1 is 1.36 bits per heavy atom. The molecule has 4 aromatic heterocycles. The van der Waals surface area contributed by atoms with Crippen LogP contribution in [0, 0.1) is 5.92 Å². The van der Waals surface area contributed by atoms with E-state index in [0.717, 1.165) is 34.5 Å². The first kappa shape index (κ1) is 20.5. The van der Waals surface area contributed by atoms with Gasteiger partial charge in [-0.05, 0) is 37.2 Å². The standard InChI is InChI=1S/C21H21F2N7O2S/c1-9-5-11(9)18-26-19-16(20(31)32-18)12-6-10(3-4-14(12)33-19)30-8-24-27-21(30)25-15-7-13(17(22)23)28-29(15)2/h7-11,17H,3-6H2,1-2H3,(H,25,27)/t9-,10-,11-/m0/s1. The van der Waals surface area contributed by atoms with Crippen LogP contribution in [0.3, 0.4) is 0 Å². The van der Waals surface area contributed by atoms with Gasteiger partial charge in [-0.2, -0.15) is 5.10 Å². The van der Waals surface area contributed by atoms with Crippen molar-refractivity contribution in [2.24, 2.45) is 13.0 Å². The van der Waals surface area contributed by atoms with Crippen molar-refractivity contribution in [3.05, 3.63) is 44.8 Å². The van der Waals surface area contributed by atoms with Crippen LogP contribution in [0.15, 0.2) is 21.6 Å². The molecule has 4 heterocycles. The predicted octanol–water partition coefficient (Wildman–Crippen LogP) is 4.11. The van der Waals surface area contributed by atoms with Gasteiger partial charge in [-0.1, -0.05) is 6.92 Å². The third-order valence-electron chi connectivity index (χ3n) is 6.58. The molecule has 33 heavy (non-hydrogen) atoms. The molecule has 1 fully saturated rings. The van der Waals surface area contributed by atoms with Crippen molar-refractivity contribution in [2.75, 3.05) is 5.32 Å². The van der Waals surface area contributed by atoms with Gasteiger partial charge in [0.25, 0.3) is 6.43 Å². The molecule has 4 aromatic rings. The number of nitrogens with zero attached hydrogens (tertiary/aromatic N) is 6. The lowest BCUT2D eigenvalue weighted by Crippen LogP contribution is -2.19. The van der Waals surface area contributed by atoms with E-state index in [4.69, 9.17) is 4.42 Å². The smallest absolute Gasteiger partial charge is 0.348 e. The maximum absolute atomic E-state index is 13.0. The molecule has 2 aliphatic carbocycles. The molecule has 6 rings (SSSR count). The van der Waals surface area contributed by atoms with Crippen LogP contribution in [0.2, 0.25) is 0 Å². The fraction of sp³-hybridized carbons (Fsp3) is 0.476. The molecule has 2 aliphatic rings. The highest BCUT2D eigenvalue weighted by Gasteiger charge is 2.39. The maximum atomic E-state index is 13.0. The van der Waals surface area contributed by atoms with Crippen molar-refractivity contribution in [3.8, 4) is 0 Å². The van der Waals surface area contributed by atoms with Gasteiger partial charge in [0, 0.05) is 30.0 Å². The van der Waals surface area contributed by atoms with Gasteiger partial charge in [0.2, 0.25) is 11.8 Å². The second kappa shape index (κ2) is 7.44. The number of aromatic nitrogens is 6. The van der Waals surface area contributed by atoms with E-state index < -0.39 is 6.43 Å². The zero-order chi connectivity index (χ0) is 22.9. The normalized spacial score (nSPS) is 22.2. The molecule has 12 heteroatoms. The van der Waals surface area contributed by atoms with Gasteiger partial charge in [-0.3, -0.25) is 9.25 Å². The van der Waals surface area contributed by atoms with Crippen molar-refractivity contribution in [1.82, 2.24) is 29.5 Å². The van der Waals surface area contributed by atoms with Gasteiger partial charge < -0.3 is 9.73 Å². The number of halogens is 2. The lowest BCUT2D eigenvalue weighted by Gasteiger charge is -2.24. The van der Waals surface area contributed by atoms with Crippen LogP contribution in [0.25, 0.3) is 10.2 Å². The van der Waals surface area contributed by atoms with Crippen molar-refractivity contribution in [2.45, 2.75) is 51.0 Å². The van der Waals surface area contributed by atoms with E-state index in [1.54, 1.807) is 24.7 Å². The van der Waals surface area contributed by atoms with Crippen molar-refractivity contribution >= 4 is 33.3 Å². The van der Waals surface area contributed by atoms with Gasteiger partial charge in [0.15, 0.2) is 0 Å². The highest BCUT2D eigenvalue weighted by molar-refractivity contribution is 7.18. The molecule has 0 amide bonds. The van der Waals surface area contributed by atoms with Crippen LogP contribution in [0.1, 0.15) is 60.2 Å². The lowest BCUT2D eigenvalue weighted by atomic mass is 9.92. The predicted molar refractivity (Wildman–Crippen MR) is 117 cm³/mol. The summed E-state index contributed by atoms with van der Waals surface area (Å²) in [6.07, 6.45) is 2.21. The van der Waals surface area contributed by atoms with Crippen molar-refractivity contribution < 1.29 is 13.2 Å². The second-order valence-corrected chi connectivity index (χ2v) is 9.89. The minimum absolute atomic E-state index is 0.00173. The van der Waals surface area contributed by atoms with Gasteiger partial charge in [0.05, 0.1) is 0 Å². The third kappa shape index (κ3) is 3.43. The first-order valence-corrected chi connectivity index (χ1v) is 11.6. The summed E-state index contributed by atoms with van der Waals surface area (Å²) in [4.78, 5) is 19.4. The molecule has 0 saturated heterocycles. The highest BCUT2D eigenvalue weighted by Crippen LogP contribution is 2.47. The summed E-state index contributed by atoms with van der Waals surface area (Å²) in [5.41, 5.74) is 0.351. The van der Waals surface area contributed by atoms with Gasteiger partial charge in [0.1, 0.15) is 28.1 Å². The molecule has 0 bridgehead atoms. The quantitative estimate of drug-likeness (QED) is 0.465. The van der Waals surface area contributed by atoms with E-state index in [1.165, 1.54) is 10.7 Å². The summed E-state index contributed by atoms with van der Waals surface area (Å²) in [5.74, 6) is 2.13.